The molecule has 1 aromatic carbocycles. The number of phenols is 1. The van der Waals surface area contributed by atoms with Crippen LogP contribution in [-0.2, 0) is 13.1 Å². The molecule has 2 aliphatic rings. The van der Waals surface area contributed by atoms with Gasteiger partial charge in [0.2, 0.25) is 0 Å². The molecule has 0 unspecified atom stereocenters. The third-order valence-corrected chi connectivity index (χ3v) is 5.82. The molecule has 0 saturated heterocycles. The zero-order valence-electron chi connectivity index (χ0n) is 14.8. The van der Waals surface area contributed by atoms with Crippen LogP contribution < -0.4 is 5.73 Å². The summed E-state index contributed by atoms with van der Waals surface area (Å²) in [6, 6.07) is 9.68. The van der Waals surface area contributed by atoms with Crippen molar-refractivity contribution in [2.45, 2.75) is 38.4 Å². The third kappa shape index (κ3) is 2.43. The van der Waals surface area contributed by atoms with E-state index >= 15 is 0 Å². The number of phenolic OH excluding ortho intramolecular Hbond substituents is 1. The van der Waals surface area contributed by atoms with Crippen LogP contribution in [0.5, 0.6) is 5.75 Å². The lowest BCUT2D eigenvalue weighted by Crippen LogP contribution is -2.36. The minimum atomic E-state index is 0.136. The topological polar surface area (TPSA) is 99.1 Å². The van der Waals surface area contributed by atoms with Crippen molar-refractivity contribution in [2.24, 2.45) is 0 Å². The maximum atomic E-state index is 10.5. The number of hydrogen-bond donors (Lipinski definition) is 2. The molecule has 0 amide bonds. The maximum Gasteiger partial charge on any atom is 0.127 e. The summed E-state index contributed by atoms with van der Waals surface area (Å²) in [6.07, 6.45) is 5.30. The monoisotopic (exact) mass is 357 g/mol. The lowest BCUT2D eigenvalue weighted by Gasteiger charge is -2.34. The number of anilines is 1. The smallest absolute Gasteiger partial charge is 0.127 e. The predicted octanol–water partition coefficient (Wildman–Crippen LogP) is 3.32. The molecule has 1 aliphatic heterocycles. The molecular formula is C21H19N5O. The second kappa shape index (κ2) is 5.93. The molecule has 1 fully saturated rings. The SMILES string of the molecule is N#Cc1ccc(-c2ccc(O)c3c(N)c4c(nc23)CN(C2CCC2)C4)nc1. The Bertz CT molecular complexity index is 1100. The van der Waals surface area contributed by atoms with Gasteiger partial charge in [0.15, 0.2) is 0 Å². The van der Waals surface area contributed by atoms with Crippen LogP contribution in [-0.4, -0.2) is 26.0 Å². The molecule has 0 radical (unpaired) electrons. The number of nitriles is 1. The second-order valence-corrected chi connectivity index (χ2v) is 7.34. The van der Waals surface area contributed by atoms with E-state index in [0.29, 0.717) is 33.9 Å². The van der Waals surface area contributed by atoms with Crippen molar-refractivity contribution in [3.63, 3.8) is 0 Å². The summed E-state index contributed by atoms with van der Waals surface area (Å²) >= 11 is 0. The van der Waals surface area contributed by atoms with Gasteiger partial charge in [-0.3, -0.25) is 14.9 Å². The Hall–Kier alpha value is -3.17. The number of rotatable bonds is 2. The van der Waals surface area contributed by atoms with Crippen molar-refractivity contribution >= 4 is 16.6 Å². The average Bonchev–Trinajstić information content (AvgIpc) is 3.04. The van der Waals surface area contributed by atoms with E-state index in [1.54, 1.807) is 24.4 Å². The fraction of sp³-hybridized carbons (Fsp3) is 0.286. The number of hydrogen-bond acceptors (Lipinski definition) is 6. The Morgan fingerprint density at radius 3 is 2.70 bits per heavy atom. The van der Waals surface area contributed by atoms with Gasteiger partial charge in [0, 0.05) is 36.5 Å². The Morgan fingerprint density at radius 1 is 1.19 bits per heavy atom. The minimum absolute atomic E-state index is 0.136. The van der Waals surface area contributed by atoms with Gasteiger partial charge in [-0.15, -0.1) is 0 Å². The van der Waals surface area contributed by atoms with Crippen LogP contribution >= 0.6 is 0 Å². The van der Waals surface area contributed by atoms with Crippen molar-refractivity contribution in [3.8, 4) is 23.1 Å². The maximum absolute atomic E-state index is 10.5. The fourth-order valence-corrected chi connectivity index (χ4v) is 4.07. The molecule has 0 bridgehead atoms. The molecule has 6 nitrogen and oxygen atoms in total. The molecule has 1 aliphatic carbocycles. The average molecular weight is 357 g/mol. The van der Waals surface area contributed by atoms with Crippen LogP contribution in [0.4, 0.5) is 5.69 Å². The summed E-state index contributed by atoms with van der Waals surface area (Å²) in [4.78, 5) is 11.7. The highest BCUT2D eigenvalue weighted by molar-refractivity contribution is 6.04. The minimum Gasteiger partial charge on any atom is -0.507 e. The number of fused-ring (bicyclic) bond motifs is 2. The van der Waals surface area contributed by atoms with Gasteiger partial charge in [-0.1, -0.05) is 6.42 Å². The zero-order chi connectivity index (χ0) is 18.5. The van der Waals surface area contributed by atoms with Gasteiger partial charge < -0.3 is 10.8 Å². The van der Waals surface area contributed by atoms with E-state index in [0.717, 1.165) is 29.9 Å². The van der Waals surface area contributed by atoms with Crippen LogP contribution in [0.1, 0.15) is 36.1 Å². The lowest BCUT2D eigenvalue weighted by molar-refractivity contribution is 0.126. The first-order valence-corrected chi connectivity index (χ1v) is 9.19. The number of nitrogens with two attached hydrogens (primary N) is 1. The number of benzene rings is 1. The van der Waals surface area contributed by atoms with Crippen LogP contribution in [0, 0.1) is 11.3 Å². The van der Waals surface area contributed by atoms with Crippen LogP contribution in [0.3, 0.4) is 0 Å². The van der Waals surface area contributed by atoms with E-state index in [9.17, 15) is 5.11 Å². The molecule has 2 aromatic heterocycles. The lowest BCUT2D eigenvalue weighted by atomic mass is 9.92. The van der Waals surface area contributed by atoms with E-state index in [1.807, 2.05) is 6.07 Å². The highest BCUT2D eigenvalue weighted by Crippen LogP contribution is 2.42. The quantitative estimate of drug-likeness (QED) is 0.730. The van der Waals surface area contributed by atoms with Crippen molar-refractivity contribution in [2.75, 3.05) is 5.73 Å². The standard InChI is InChI=1S/C21H19N5O/c22-8-12-4-6-16(24-9-12)14-5-7-18(27)19-20(23)15-10-26(13-2-1-3-13)11-17(15)25-21(14)19/h4-7,9,13,27H,1-3,10-11H2,(H2,23,25). The first kappa shape index (κ1) is 16.0. The predicted molar refractivity (Wildman–Crippen MR) is 103 cm³/mol. The molecule has 0 spiro atoms. The van der Waals surface area contributed by atoms with E-state index in [-0.39, 0.29) is 5.75 Å². The summed E-state index contributed by atoms with van der Waals surface area (Å²) in [5.41, 5.74) is 11.8. The first-order chi connectivity index (χ1) is 13.2. The summed E-state index contributed by atoms with van der Waals surface area (Å²) < 4.78 is 0. The van der Waals surface area contributed by atoms with E-state index in [2.05, 4.69) is 16.0 Å². The molecule has 6 heteroatoms. The zero-order valence-corrected chi connectivity index (χ0v) is 14.8. The van der Waals surface area contributed by atoms with Gasteiger partial charge in [-0.05, 0) is 37.1 Å². The fourth-order valence-electron chi connectivity index (χ4n) is 4.07. The van der Waals surface area contributed by atoms with E-state index in [1.165, 1.54) is 19.3 Å². The second-order valence-electron chi connectivity index (χ2n) is 7.34. The summed E-state index contributed by atoms with van der Waals surface area (Å²) in [5, 5.41) is 20.1. The van der Waals surface area contributed by atoms with Gasteiger partial charge >= 0.3 is 0 Å². The van der Waals surface area contributed by atoms with Gasteiger partial charge in [-0.2, -0.15) is 5.26 Å². The third-order valence-electron chi connectivity index (χ3n) is 5.82. The van der Waals surface area contributed by atoms with E-state index < -0.39 is 0 Å². The van der Waals surface area contributed by atoms with Crippen molar-refractivity contribution in [1.82, 2.24) is 14.9 Å². The van der Waals surface area contributed by atoms with Gasteiger partial charge in [0.1, 0.15) is 11.8 Å². The number of aromatic hydroxyl groups is 1. The molecule has 3 N–H and O–H groups in total. The number of nitrogens with zero attached hydrogens (tertiary/aromatic N) is 4. The highest BCUT2D eigenvalue weighted by Gasteiger charge is 2.32. The van der Waals surface area contributed by atoms with Crippen molar-refractivity contribution in [3.05, 3.63) is 47.3 Å². The molecule has 5 rings (SSSR count). The van der Waals surface area contributed by atoms with Gasteiger partial charge in [-0.25, -0.2) is 0 Å². The Balaban J connectivity index is 1.67. The number of nitrogen functional groups attached to an aromatic ring is 1. The Labute approximate surface area is 156 Å². The van der Waals surface area contributed by atoms with E-state index in [4.69, 9.17) is 16.0 Å². The van der Waals surface area contributed by atoms with Crippen LogP contribution in [0.25, 0.3) is 22.2 Å². The van der Waals surface area contributed by atoms with Crippen LogP contribution in [0.15, 0.2) is 30.5 Å². The van der Waals surface area contributed by atoms with Crippen molar-refractivity contribution in [1.29, 1.82) is 5.26 Å². The summed E-state index contributed by atoms with van der Waals surface area (Å²) in [6.45, 7) is 1.60. The van der Waals surface area contributed by atoms with Gasteiger partial charge in [0.25, 0.3) is 0 Å². The molecule has 134 valence electrons. The molecule has 3 aromatic rings. The van der Waals surface area contributed by atoms with Crippen LogP contribution in [0.2, 0.25) is 0 Å². The van der Waals surface area contributed by atoms with Crippen molar-refractivity contribution < 1.29 is 5.11 Å². The molecule has 27 heavy (non-hydrogen) atoms. The summed E-state index contributed by atoms with van der Waals surface area (Å²) in [5.74, 6) is 0.136. The molecule has 1 saturated carbocycles. The molecular weight excluding hydrogens is 338 g/mol. The van der Waals surface area contributed by atoms with Gasteiger partial charge in [0.05, 0.1) is 33.5 Å². The highest BCUT2D eigenvalue weighted by atomic mass is 16.3. The molecule has 0 atom stereocenters. The first-order valence-electron chi connectivity index (χ1n) is 9.19. The largest absolute Gasteiger partial charge is 0.507 e. The normalized spacial score (nSPS) is 16.9. The number of aromatic nitrogens is 2. The Kier molecular flexibility index (Phi) is 3.52. The molecule has 3 heterocycles. The summed E-state index contributed by atoms with van der Waals surface area (Å²) in [7, 11) is 0. The Morgan fingerprint density at radius 2 is 2.04 bits per heavy atom. The number of pyridine rings is 2.